The lowest BCUT2D eigenvalue weighted by atomic mass is 9.97. The summed E-state index contributed by atoms with van der Waals surface area (Å²) in [7, 11) is 0. The van der Waals surface area contributed by atoms with Gasteiger partial charge in [-0.25, -0.2) is 0 Å². The van der Waals surface area contributed by atoms with Crippen molar-refractivity contribution < 1.29 is 4.79 Å². The molecular formula is C16H16N2O. The lowest BCUT2D eigenvalue weighted by Gasteiger charge is -2.29. The highest BCUT2D eigenvalue weighted by Gasteiger charge is 2.25. The molecule has 0 aliphatic carbocycles. The second kappa shape index (κ2) is 4.76. The first kappa shape index (κ1) is 11.8. The first-order valence-corrected chi connectivity index (χ1v) is 6.46. The Morgan fingerprint density at radius 3 is 2.63 bits per heavy atom. The van der Waals surface area contributed by atoms with Gasteiger partial charge in [0.25, 0.3) is 5.91 Å². The number of benzene rings is 2. The van der Waals surface area contributed by atoms with Crippen molar-refractivity contribution in [2.45, 2.75) is 13.0 Å². The van der Waals surface area contributed by atoms with Crippen molar-refractivity contribution >= 4 is 11.6 Å². The van der Waals surface area contributed by atoms with Gasteiger partial charge in [-0.3, -0.25) is 4.79 Å². The van der Waals surface area contributed by atoms with Gasteiger partial charge in [0.15, 0.2) is 0 Å². The van der Waals surface area contributed by atoms with Gasteiger partial charge in [-0.15, -0.1) is 0 Å². The maximum atomic E-state index is 12.4. The van der Waals surface area contributed by atoms with Crippen LogP contribution >= 0.6 is 0 Å². The number of amides is 1. The summed E-state index contributed by atoms with van der Waals surface area (Å²) in [5, 5.41) is 0. The van der Waals surface area contributed by atoms with Gasteiger partial charge in [0.05, 0.1) is 0 Å². The molecule has 0 unspecified atom stereocenters. The zero-order chi connectivity index (χ0) is 13.2. The number of nitrogen functional groups attached to an aromatic ring is 1. The average molecular weight is 252 g/mol. The number of anilines is 1. The second-order valence-electron chi connectivity index (χ2n) is 4.84. The number of hydrogen-bond donors (Lipinski definition) is 1. The summed E-state index contributed by atoms with van der Waals surface area (Å²) in [5.74, 6) is 0.0809. The Morgan fingerprint density at radius 1 is 1.05 bits per heavy atom. The third-order valence-corrected chi connectivity index (χ3v) is 3.58. The van der Waals surface area contributed by atoms with Gasteiger partial charge in [0, 0.05) is 24.3 Å². The number of carbonyl (C=O) groups is 1. The number of rotatable bonds is 2. The maximum Gasteiger partial charge on any atom is 0.254 e. The van der Waals surface area contributed by atoms with Crippen molar-refractivity contribution in [1.82, 2.24) is 4.90 Å². The Balaban J connectivity index is 1.86. The highest BCUT2D eigenvalue weighted by Crippen LogP contribution is 2.25. The lowest BCUT2D eigenvalue weighted by Crippen LogP contribution is -2.37. The number of fused-ring (bicyclic) bond motifs is 1. The average Bonchev–Trinajstić information content (AvgIpc) is 2.44. The summed E-state index contributed by atoms with van der Waals surface area (Å²) >= 11 is 0. The van der Waals surface area contributed by atoms with Gasteiger partial charge in [-0.1, -0.05) is 36.4 Å². The van der Waals surface area contributed by atoms with E-state index in [4.69, 9.17) is 5.73 Å². The molecule has 1 heterocycles. The van der Waals surface area contributed by atoms with Crippen molar-refractivity contribution in [3.05, 3.63) is 65.2 Å². The van der Waals surface area contributed by atoms with Gasteiger partial charge in [-0.2, -0.15) is 0 Å². The lowest BCUT2D eigenvalue weighted by molar-refractivity contribution is 0.0727. The molecule has 1 amide bonds. The van der Waals surface area contributed by atoms with E-state index in [9.17, 15) is 4.79 Å². The molecule has 0 spiro atoms. The fourth-order valence-corrected chi connectivity index (χ4v) is 2.56. The maximum absolute atomic E-state index is 12.4. The molecule has 96 valence electrons. The molecular weight excluding hydrogens is 236 g/mol. The van der Waals surface area contributed by atoms with Crippen LogP contribution in [0, 0.1) is 0 Å². The SMILES string of the molecule is Nc1cccc2c1CCN(Cc1ccccc1)C2=O. The Hall–Kier alpha value is -2.29. The van der Waals surface area contributed by atoms with E-state index in [1.54, 1.807) is 0 Å². The minimum absolute atomic E-state index is 0.0809. The number of nitrogens with zero attached hydrogens (tertiary/aromatic N) is 1. The Labute approximate surface area is 112 Å². The van der Waals surface area contributed by atoms with Crippen LogP contribution in [-0.2, 0) is 13.0 Å². The van der Waals surface area contributed by atoms with E-state index in [1.807, 2.05) is 53.4 Å². The smallest absolute Gasteiger partial charge is 0.254 e. The summed E-state index contributed by atoms with van der Waals surface area (Å²) in [6.45, 7) is 1.39. The van der Waals surface area contributed by atoms with Crippen LogP contribution in [0.2, 0.25) is 0 Å². The second-order valence-corrected chi connectivity index (χ2v) is 4.84. The highest BCUT2D eigenvalue weighted by atomic mass is 16.2. The van der Waals surface area contributed by atoms with Crippen LogP contribution in [0.25, 0.3) is 0 Å². The largest absolute Gasteiger partial charge is 0.398 e. The molecule has 0 fully saturated rings. The minimum atomic E-state index is 0.0809. The van der Waals surface area contributed by atoms with Crippen LogP contribution in [-0.4, -0.2) is 17.4 Å². The van der Waals surface area contributed by atoms with Crippen LogP contribution < -0.4 is 5.73 Å². The highest BCUT2D eigenvalue weighted by molar-refractivity contribution is 5.98. The van der Waals surface area contributed by atoms with E-state index >= 15 is 0 Å². The molecule has 1 aliphatic rings. The number of carbonyl (C=O) groups excluding carboxylic acids is 1. The Kier molecular flexibility index (Phi) is 2.95. The van der Waals surface area contributed by atoms with Gasteiger partial charge < -0.3 is 10.6 Å². The van der Waals surface area contributed by atoms with Crippen molar-refractivity contribution in [3.63, 3.8) is 0 Å². The fraction of sp³-hybridized carbons (Fsp3) is 0.188. The summed E-state index contributed by atoms with van der Waals surface area (Å²) in [6.07, 6.45) is 0.834. The van der Waals surface area contributed by atoms with E-state index in [0.717, 1.165) is 35.3 Å². The molecule has 1 aliphatic heterocycles. The molecule has 0 bridgehead atoms. The van der Waals surface area contributed by atoms with Gasteiger partial charge >= 0.3 is 0 Å². The summed E-state index contributed by atoms with van der Waals surface area (Å²) in [5.41, 5.74) is 9.56. The molecule has 2 aromatic carbocycles. The molecule has 3 nitrogen and oxygen atoms in total. The summed E-state index contributed by atoms with van der Waals surface area (Å²) < 4.78 is 0. The normalized spacial score (nSPS) is 14.3. The van der Waals surface area contributed by atoms with Crippen LogP contribution in [0.1, 0.15) is 21.5 Å². The predicted molar refractivity (Wildman–Crippen MR) is 75.7 cm³/mol. The summed E-state index contributed by atoms with van der Waals surface area (Å²) in [4.78, 5) is 14.3. The molecule has 2 aromatic rings. The predicted octanol–water partition coefficient (Wildman–Crippen LogP) is 2.47. The van der Waals surface area contributed by atoms with Crippen LogP contribution in [0.3, 0.4) is 0 Å². The van der Waals surface area contributed by atoms with Gasteiger partial charge in [0.1, 0.15) is 0 Å². The monoisotopic (exact) mass is 252 g/mol. The minimum Gasteiger partial charge on any atom is -0.398 e. The van der Waals surface area contributed by atoms with E-state index in [1.165, 1.54) is 0 Å². The third kappa shape index (κ3) is 2.19. The molecule has 3 rings (SSSR count). The van der Waals surface area contributed by atoms with Crippen molar-refractivity contribution in [2.75, 3.05) is 12.3 Å². The van der Waals surface area contributed by atoms with E-state index in [2.05, 4.69) is 0 Å². The molecule has 0 atom stereocenters. The van der Waals surface area contributed by atoms with Crippen LogP contribution in [0.4, 0.5) is 5.69 Å². The van der Waals surface area contributed by atoms with E-state index in [-0.39, 0.29) is 5.91 Å². The number of hydrogen-bond acceptors (Lipinski definition) is 2. The molecule has 19 heavy (non-hydrogen) atoms. The molecule has 2 N–H and O–H groups in total. The van der Waals surface area contributed by atoms with Gasteiger partial charge in [0.2, 0.25) is 0 Å². The zero-order valence-corrected chi connectivity index (χ0v) is 10.7. The zero-order valence-electron chi connectivity index (χ0n) is 10.7. The standard InChI is InChI=1S/C16H16N2O/c17-15-8-4-7-14-13(15)9-10-18(16(14)19)11-12-5-2-1-3-6-12/h1-8H,9-11,17H2. The topological polar surface area (TPSA) is 46.3 Å². The van der Waals surface area contributed by atoms with Gasteiger partial charge in [-0.05, 0) is 29.7 Å². The van der Waals surface area contributed by atoms with Crippen LogP contribution in [0.5, 0.6) is 0 Å². The van der Waals surface area contributed by atoms with Crippen LogP contribution in [0.15, 0.2) is 48.5 Å². The van der Waals surface area contributed by atoms with Crippen molar-refractivity contribution in [3.8, 4) is 0 Å². The Bertz CT molecular complexity index is 607. The molecule has 0 saturated heterocycles. The quantitative estimate of drug-likeness (QED) is 0.835. The van der Waals surface area contributed by atoms with E-state index < -0.39 is 0 Å². The summed E-state index contributed by atoms with van der Waals surface area (Å²) in [6, 6.07) is 15.6. The first-order valence-electron chi connectivity index (χ1n) is 6.46. The molecule has 0 radical (unpaired) electrons. The van der Waals surface area contributed by atoms with Crippen molar-refractivity contribution in [2.24, 2.45) is 0 Å². The molecule has 0 saturated carbocycles. The molecule has 3 heteroatoms. The number of nitrogens with two attached hydrogens (primary N) is 1. The van der Waals surface area contributed by atoms with E-state index in [0.29, 0.717) is 6.54 Å². The van der Waals surface area contributed by atoms with Crippen molar-refractivity contribution in [1.29, 1.82) is 0 Å². The fourth-order valence-electron chi connectivity index (χ4n) is 2.56. The third-order valence-electron chi connectivity index (χ3n) is 3.58. The first-order chi connectivity index (χ1) is 9.25. The molecule has 0 aromatic heterocycles. The Morgan fingerprint density at radius 2 is 1.84 bits per heavy atom.